The zero-order valence-electron chi connectivity index (χ0n) is 17.9. The Morgan fingerprint density at radius 2 is 1.34 bits per heavy atom. The Labute approximate surface area is 188 Å². The SMILES string of the molecule is O=C(N[C@@H](CO)C(=O)N1CCN(c2ccccc2)CC1)c1ccc(-c2ccccc2)cc1. The van der Waals surface area contributed by atoms with Gasteiger partial charge in [-0.15, -0.1) is 0 Å². The van der Waals surface area contributed by atoms with Crippen molar-refractivity contribution in [3.63, 3.8) is 0 Å². The lowest BCUT2D eigenvalue weighted by atomic mass is 10.0. The number of para-hydroxylation sites is 1. The van der Waals surface area contributed by atoms with Crippen LogP contribution in [-0.4, -0.2) is 60.6 Å². The third kappa shape index (κ3) is 4.98. The second kappa shape index (κ2) is 10.1. The summed E-state index contributed by atoms with van der Waals surface area (Å²) in [5.41, 5.74) is 3.65. The van der Waals surface area contributed by atoms with Crippen LogP contribution in [-0.2, 0) is 4.79 Å². The molecule has 1 aliphatic rings. The number of aliphatic hydroxyl groups excluding tert-OH is 1. The van der Waals surface area contributed by atoms with E-state index >= 15 is 0 Å². The zero-order chi connectivity index (χ0) is 22.3. The van der Waals surface area contributed by atoms with Crippen LogP contribution in [0.1, 0.15) is 10.4 Å². The van der Waals surface area contributed by atoms with Crippen LogP contribution in [0.2, 0.25) is 0 Å². The molecule has 1 fully saturated rings. The molecule has 0 bridgehead atoms. The van der Waals surface area contributed by atoms with E-state index in [2.05, 4.69) is 22.3 Å². The summed E-state index contributed by atoms with van der Waals surface area (Å²) in [7, 11) is 0. The smallest absolute Gasteiger partial charge is 0.251 e. The van der Waals surface area contributed by atoms with Crippen molar-refractivity contribution in [2.24, 2.45) is 0 Å². The minimum Gasteiger partial charge on any atom is -0.394 e. The normalized spacial score (nSPS) is 14.7. The van der Waals surface area contributed by atoms with Gasteiger partial charge in [-0.2, -0.15) is 0 Å². The Hall–Kier alpha value is -3.64. The molecule has 0 radical (unpaired) electrons. The summed E-state index contributed by atoms with van der Waals surface area (Å²) in [5.74, 6) is -0.630. The van der Waals surface area contributed by atoms with Crippen LogP contribution in [0.15, 0.2) is 84.9 Å². The molecule has 0 spiro atoms. The number of hydrogen-bond acceptors (Lipinski definition) is 4. The van der Waals surface area contributed by atoms with E-state index in [4.69, 9.17) is 0 Å². The molecule has 164 valence electrons. The molecule has 6 nitrogen and oxygen atoms in total. The third-order valence-electron chi connectivity index (χ3n) is 5.75. The number of aliphatic hydroxyl groups is 1. The fourth-order valence-corrected chi connectivity index (χ4v) is 3.92. The molecule has 0 saturated carbocycles. The minimum atomic E-state index is -0.959. The molecule has 0 unspecified atom stereocenters. The number of nitrogens with zero attached hydrogens (tertiary/aromatic N) is 2. The number of anilines is 1. The molecule has 6 heteroatoms. The lowest BCUT2D eigenvalue weighted by Crippen LogP contribution is -2.56. The van der Waals surface area contributed by atoms with Crippen molar-refractivity contribution in [1.82, 2.24) is 10.2 Å². The Bertz CT molecular complexity index is 1030. The van der Waals surface area contributed by atoms with Crippen molar-refractivity contribution in [1.29, 1.82) is 0 Å². The Morgan fingerprint density at radius 3 is 1.94 bits per heavy atom. The van der Waals surface area contributed by atoms with E-state index in [1.807, 2.05) is 60.7 Å². The molecule has 1 aliphatic heterocycles. The average molecular weight is 430 g/mol. The van der Waals surface area contributed by atoms with Gasteiger partial charge in [-0.3, -0.25) is 9.59 Å². The number of rotatable bonds is 6. The maximum atomic E-state index is 12.9. The minimum absolute atomic E-state index is 0.255. The van der Waals surface area contributed by atoms with E-state index in [0.29, 0.717) is 31.7 Å². The van der Waals surface area contributed by atoms with Crippen molar-refractivity contribution in [3.05, 3.63) is 90.5 Å². The summed E-state index contributed by atoms with van der Waals surface area (Å²) in [4.78, 5) is 29.5. The van der Waals surface area contributed by atoms with Crippen LogP contribution in [0.3, 0.4) is 0 Å². The van der Waals surface area contributed by atoms with Gasteiger partial charge in [0.2, 0.25) is 5.91 Å². The highest BCUT2D eigenvalue weighted by molar-refractivity contribution is 5.98. The first-order chi connectivity index (χ1) is 15.7. The molecule has 2 amide bonds. The van der Waals surface area contributed by atoms with Gasteiger partial charge < -0.3 is 20.2 Å². The van der Waals surface area contributed by atoms with Crippen LogP contribution < -0.4 is 10.2 Å². The topological polar surface area (TPSA) is 72.9 Å². The highest BCUT2D eigenvalue weighted by atomic mass is 16.3. The summed E-state index contributed by atoms with van der Waals surface area (Å²) < 4.78 is 0. The highest BCUT2D eigenvalue weighted by Crippen LogP contribution is 2.19. The van der Waals surface area contributed by atoms with Gasteiger partial charge in [-0.1, -0.05) is 60.7 Å². The molecular weight excluding hydrogens is 402 g/mol. The standard InChI is InChI=1S/C26H27N3O3/c30-19-24(26(32)29-17-15-28(16-18-29)23-9-5-2-6-10-23)27-25(31)22-13-11-21(12-14-22)20-7-3-1-4-8-20/h1-14,24,30H,15-19H2,(H,27,31)/t24-/m0/s1. The van der Waals surface area contributed by atoms with Gasteiger partial charge in [0, 0.05) is 37.4 Å². The van der Waals surface area contributed by atoms with Crippen molar-refractivity contribution >= 4 is 17.5 Å². The second-order valence-electron chi connectivity index (χ2n) is 7.80. The Balaban J connectivity index is 1.34. The van der Waals surface area contributed by atoms with E-state index in [9.17, 15) is 14.7 Å². The number of benzene rings is 3. The van der Waals surface area contributed by atoms with Crippen LogP contribution >= 0.6 is 0 Å². The van der Waals surface area contributed by atoms with Crippen LogP contribution in [0.5, 0.6) is 0 Å². The van der Waals surface area contributed by atoms with Crippen LogP contribution in [0.25, 0.3) is 11.1 Å². The Kier molecular flexibility index (Phi) is 6.82. The van der Waals surface area contributed by atoms with Gasteiger partial charge in [-0.25, -0.2) is 0 Å². The number of nitrogens with one attached hydrogen (secondary N) is 1. The fraction of sp³-hybridized carbons (Fsp3) is 0.231. The van der Waals surface area contributed by atoms with Gasteiger partial charge in [-0.05, 0) is 35.4 Å². The molecular formula is C26H27N3O3. The van der Waals surface area contributed by atoms with E-state index in [0.717, 1.165) is 16.8 Å². The van der Waals surface area contributed by atoms with E-state index < -0.39 is 12.6 Å². The first-order valence-corrected chi connectivity index (χ1v) is 10.8. The summed E-state index contributed by atoms with van der Waals surface area (Å²) in [6.45, 7) is 2.08. The van der Waals surface area contributed by atoms with E-state index in [1.165, 1.54) is 0 Å². The summed E-state index contributed by atoms with van der Waals surface area (Å²) in [5, 5.41) is 12.5. The second-order valence-corrected chi connectivity index (χ2v) is 7.80. The zero-order valence-corrected chi connectivity index (χ0v) is 17.9. The van der Waals surface area contributed by atoms with Crippen LogP contribution in [0, 0.1) is 0 Å². The van der Waals surface area contributed by atoms with Gasteiger partial charge in [0.1, 0.15) is 6.04 Å². The van der Waals surface area contributed by atoms with Gasteiger partial charge >= 0.3 is 0 Å². The fourth-order valence-electron chi connectivity index (χ4n) is 3.92. The number of piperazine rings is 1. The van der Waals surface area contributed by atoms with Gasteiger partial charge in [0.25, 0.3) is 5.91 Å². The molecule has 0 aromatic heterocycles. The Morgan fingerprint density at radius 1 is 0.781 bits per heavy atom. The quantitative estimate of drug-likeness (QED) is 0.632. The predicted octanol–water partition coefficient (Wildman–Crippen LogP) is 2.79. The average Bonchev–Trinajstić information content (AvgIpc) is 2.88. The molecule has 2 N–H and O–H groups in total. The molecule has 1 heterocycles. The monoisotopic (exact) mass is 429 g/mol. The molecule has 0 aliphatic carbocycles. The van der Waals surface area contributed by atoms with Crippen molar-refractivity contribution in [2.75, 3.05) is 37.7 Å². The summed E-state index contributed by atoms with van der Waals surface area (Å²) in [6, 6.07) is 26.2. The number of carbonyl (C=O) groups excluding carboxylic acids is 2. The largest absolute Gasteiger partial charge is 0.394 e. The number of carbonyl (C=O) groups is 2. The first kappa shape index (κ1) is 21.6. The summed E-state index contributed by atoms with van der Waals surface area (Å²) in [6.07, 6.45) is 0. The highest BCUT2D eigenvalue weighted by Gasteiger charge is 2.28. The lowest BCUT2D eigenvalue weighted by Gasteiger charge is -2.37. The maximum Gasteiger partial charge on any atom is 0.251 e. The molecule has 32 heavy (non-hydrogen) atoms. The maximum absolute atomic E-state index is 12.9. The molecule has 3 aromatic carbocycles. The van der Waals surface area contributed by atoms with Gasteiger partial charge in [0.05, 0.1) is 6.61 Å². The van der Waals surface area contributed by atoms with E-state index in [-0.39, 0.29) is 11.8 Å². The van der Waals surface area contributed by atoms with E-state index in [1.54, 1.807) is 17.0 Å². The number of hydrogen-bond donors (Lipinski definition) is 2. The molecule has 4 rings (SSSR count). The molecule has 1 atom stereocenters. The van der Waals surface area contributed by atoms with Gasteiger partial charge in [0.15, 0.2) is 0 Å². The molecule has 3 aromatic rings. The lowest BCUT2D eigenvalue weighted by molar-refractivity contribution is -0.134. The summed E-state index contributed by atoms with van der Waals surface area (Å²) >= 11 is 0. The number of amides is 2. The van der Waals surface area contributed by atoms with Crippen molar-refractivity contribution < 1.29 is 14.7 Å². The van der Waals surface area contributed by atoms with Crippen LogP contribution in [0.4, 0.5) is 5.69 Å². The molecule has 1 saturated heterocycles. The third-order valence-corrected chi connectivity index (χ3v) is 5.75. The van der Waals surface area contributed by atoms with Crippen molar-refractivity contribution in [2.45, 2.75) is 6.04 Å². The first-order valence-electron chi connectivity index (χ1n) is 10.8. The van der Waals surface area contributed by atoms with Crippen molar-refractivity contribution in [3.8, 4) is 11.1 Å². The predicted molar refractivity (Wildman–Crippen MR) is 125 cm³/mol.